The van der Waals surface area contributed by atoms with Crippen LogP contribution in [0.2, 0.25) is 5.02 Å². The molecule has 0 saturated heterocycles. The van der Waals surface area contributed by atoms with E-state index in [1.165, 1.54) is 31.2 Å². The van der Waals surface area contributed by atoms with Gasteiger partial charge in [0.1, 0.15) is 0 Å². The second kappa shape index (κ2) is 5.00. The summed E-state index contributed by atoms with van der Waals surface area (Å²) < 4.78 is 0. The highest BCUT2D eigenvalue weighted by molar-refractivity contribution is 6.30. The number of hydrogen-bond donors (Lipinski definition) is 1. The highest BCUT2D eigenvalue weighted by Gasteiger charge is 2.20. The summed E-state index contributed by atoms with van der Waals surface area (Å²) in [6.45, 7) is 0. The average molecular weight is 224 g/mol. The van der Waals surface area contributed by atoms with E-state index in [4.69, 9.17) is 17.3 Å². The third-order valence-electron chi connectivity index (χ3n) is 3.27. The quantitative estimate of drug-likeness (QED) is 0.832. The Bertz CT molecular complexity index is 303. The van der Waals surface area contributed by atoms with E-state index in [9.17, 15) is 0 Å². The molecule has 0 spiro atoms. The first-order valence-corrected chi connectivity index (χ1v) is 6.12. The lowest BCUT2D eigenvalue weighted by atomic mass is 9.80. The molecule has 0 radical (unpaired) electrons. The highest BCUT2D eigenvalue weighted by Crippen LogP contribution is 2.30. The Morgan fingerprint density at radius 1 is 1.27 bits per heavy atom. The summed E-state index contributed by atoms with van der Waals surface area (Å²) in [6, 6.07) is 8.34. The molecule has 82 valence electrons. The summed E-state index contributed by atoms with van der Waals surface area (Å²) in [5.74, 6) is 0.896. The first-order chi connectivity index (χ1) is 7.24. The Morgan fingerprint density at radius 3 is 2.47 bits per heavy atom. The SMILES string of the molecule is NC(Cc1ccc(Cl)cc1)CC1CCC1. The molecule has 0 bridgehead atoms. The Kier molecular flexibility index (Phi) is 3.66. The van der Waals surface area contributed by atoms with Crippen molar-refractivity contribution in [2.24, 2.45) is 11.7 Å². The molecule has 1 aliphatic rings. The zero-order chi connectivity index (χ0) is 10.7. The van der Waals surface area contributed by atoms with E-state index in [1.54, 1.807) is 0 Å². The van der Waals surface area contributed by atoms with Gasteiger partial charge in [0.2, 0.25) is 0 Å². The van der Waals surface area contributed by atoms with Crippen molar-refractivity contribution in [3.8, 4) is 0 Å². The molecule has 2 rings (SSSR count). The largest absolute Gasteiger partial charge is 0.327 e. The van der Waals surface area contributed by atoms with E-state index in [-0.39, 0.29) is 0 Å². The third kappa shape index (κ3) is 3.22. The molecule has 1 aliphatic carbocycles. The van der Waals surface area contributed by atoms with Crippen molar-refractivity contribution < 1.29 is 0 Å². The van der Waals surface area contributed by atoms with E-state index in [1.807, 2.05) is 12.1 Å². The average Bonchev–Trinajstić information content (AvgIpc) is 2.16. The number of benzene rings is 1. The molecule has 1 atom stereocenters. The summed E-state index contributed by atoms with van der Waals surface area (Å²) in [5.41, 5.74) is 7.42. The number of rotatable bonds is 4. The van der Waals surface area contributed by atoms with Gasteiger partial charge in [-0.15, -0.1) is 0 Å². The van der Waals surface area contributed by atoms with E-state index < -0.39 is 0 Å². The fourth-order valence-electron chi connectivity index (χ4n) is 2.16. The smallest absolute Gasteiger partial charge is 0.0406 e. The van der Waals surface area contributed by atoms with E-state index in [0.29, 0.717) is 6.04 Å². The Labute approximate surface area is 96.6 Å². The molecular weight excluding hydrogens is 206 g/mol. The molecule has 1 nitrogen and oxygen atoms in total. The van der Waals surface area contributed by atoms with Gasteiger partial charge in [0.15, 0.2) is 0 Å². The molecule has 2 heteroatoms. The van der Waals surface area contributed by atoms with Crippen LogP contribution in [0.3, 0.4) is 0 Å². The van der Waals surface area contributed by atoms with Crippen molar-refractivity contribution in [2.45, 2.75) is 38.1 Å². The van der Waals surface area contributed by atoms with E-state index in [0.717, 1.165) is 17.4 Å². The van der Waals surface area contributed by atoms with Gasteiger partial charge in [0.05, 0.1) is 0 Å². The van der Waals surface area contributed by atoms with Crippen LogP contribution >= 0.6 is 11.6 Å². The van der Waals surface area contributed by atoms with Crippen LogP contribution in [0.1, 0.15) is 31.2 Å². The van der Waals surface area contributed by atoms with E-state index in [2.05, 4.69) is 12.1 Å². The highest BCUT2D eigenvalue weighted by atomic mass is 35.5. The summed E-state index contributed by atoms with van der Waals surface area (Å²) in [5, 5.41) is 0.798. The summed E-state index contributed by atoms with van der Waals surface area (Å²) >= 11 is 5.83. The molecular formula is C13H18ClN. The molecule has 0 amide bonds. The maximum Gasteiger partial charge on any atom is 0.0406 e. The van der Waals surface area contributed by atoms with Crippen LogP contribution < -0.4 is 5.73 Å². The fourth-order valence-corrected chi connectivity index (χ4v) is 2.29. The van der Waals surface area contributed by atoms with Crippen LogP contribution in [0.25, 0.3) is 0 Å². The van der Waals surface area contributed by atoms with Crippen LogP contribution in [0.4, 0.5) is 0 Å². The topological polar surface area (TPSA) is 26.0 Å². The van der Waals surface area contributed by atoms with Gasteiger partial charge in [-0.25, -0.2) is 0 Å². The van der Waals surface area contributed by atoms with Gasteiger partial charge in [-0.3, -0.25) is 0 Å². The fraction of sp³-hybridized carbons (Fsp3) is 0.538. The zero-order valence-corrected chi connectivity index (χ0v) is 9.71. The second-order valence-electron chi connectivity index (χ2n) is 4.62. The summed E-state index contributed by atoms with van der Waals surface area (Å²) in [6.07, 6.45) is 6.33. The van der Waals surface area contributed by atoms with Crippen LogP contribution in [0, 0.1) is 5.92 Å². The van der Waals surface area contributed by atoms with Crippen molar-refractivity contribution in [1.29, 1.82) is 0 Å². The predicted molar refractivity (Wildman–Crippen MR) is 65.1 cm³/mol. The standard InChI is InChI=1S/C13H18ClN/c14-12-6-4-11(5-7-12)9-13(15)8-10-2-1-3-10/h4-7,10,13H,1-3,8-9,15H2. The lowest BCUT2D eigenvalue weighted by Gasteiger charge is -2.28. The molecule has 1 unspecified atom stereocenters. The van der Waals surface area contributed by atoms with Gasteiger partial charge in [-0.2, -0.15) is 0 Å². The van der Waals surface area contributed by atoms with Crippen molar-refractivity contribution in [3.63, 3.8) is 0 Å². The monoisotopic (exact) mass is 223 g/mol. The van der Waals surface area contributed by atoms with Crippen LogP contribution in [0.15, 0.2) is 24.3 Å². The van der Waals surface area contributed by atoms with Crippen molar-refractivity contribution >= 4 is 11.6 Å². The lowest BCUT2D eigenvalue weighted by Crippen LogP contribution is -2.28. The van der Waals surface area contributed by atoms with Gasteiger partial charge in [0.25, 0.3) is 0 Å². The minimum atomic E-state index is 0.316. The zero-order valence-electron chi connectivity index (χ0n) is 8.95. The predicted octanol–water partition coefficient (Wildman–Crippen LogP) is 3.40. The maximum atomic E-state index is 6.12. The van der Waals surface area contributed by atoms with Gasteiger partial charge in [-0.05, 0) is 36.5 Å². The molecule has 0 heterocycles. The first kappa shape index (κ1) is 11.0. The molecule has 1 fully saturated rings. The van der Waals surface area contributed by atoms with Gasteiger partial charge in [0, 0.05) is 11.1 Å². The maximum absolute atomic E-state index is 6.12. The molecule has 2 N–H and O–H groups in total. The van der Waals surface area contributed by atoms with E-state index >= 15 is 0 Å². The van der Waals surface area contributed by atoms with Crippen LogP contribution in [-0.4, -0.2) is 6.04 Å². The number of nitrogens with two attached hydrogens (primary N) is 1. The molecule has 15 heavy (non-hydrogen) atoms. The Hall–Kier alpha value is -0.530. The molecule has 1 aromatic rings. The minimum absolute atomic E-state index is 0.316. The van der Waals surface area contributed by atoms with Crippen LogP contribution in [0.5, 0.6) is 0 Å². The lowest BCUT2D eigenvalue weighted by molar-refractivity contribution is 0.275. The minimum Gasteiger partial charge on any atom is -0.327 e. The van der Waals surface area contributed by atoms with Crippen molar-refractivity contribution in [2.75, 3.05) is 0 Å². The second-order valence-corrected chi connectivity index (χ2v) is 5.06. The Balaban J connectivity index is 1.82. The molecule has 0 aromatic heterocycles. The number of halogens is 1. The molecule has 0 aliphatic heterocycles. The van der Waals surface area contributed by atoms with Crippen molar-refractivity contribution in [3.05, 3.63) is 34.9 Å². The third-order valence-corrected chi connectivity index (χ3v) is 3.52. The number of hydrogen-bond acceptors (Lipinski definition) is 1. The van der Waals surface area contributed by atoms with Gasteiger partial charge >= 0.3 is 0 Å². The normalized spacial score (nSPS) is 18.5. The summed E-state index contributed by atoms with van der Waals surface area (Å²) in [4.78, 5) is 0. The molecule has 1 saturated carbocycles. The summed E-state index contributed by atoms with van der Waals surface area (Å²) in [7, 11) is 0. The molecule has 1 aromatic carbocycles. The first-order valence-electron chi connectivity index (χ1n) is 5.74. The van der Waals surface area contributed by atoms with Gasteiger partial charge in [-0.1, -0.05) is 43.0 Å². The van der Waals surface area contributed by atoms with Crippen molar-refractivity contribution in [1.82, 2.24) is 0 Å². The van der Waals surface area contributed by atoms with Crippen LogP contribution in [-0.2, 0) is 6.42 Å². The van der Waals surface area contributed by atoms with Gasteiger partial charge < -0.3 is 5.73 Å². The Morgan fingerprint density at radius 2 is 1.93 bits per heavy atom.